The summed E-state index contributed by atoms with van der Waals surface area (Å²) in [6.45, 7) is 15.8. The maximum Gasteiger partial charge on any atom is 0.346 e. The van der Waals surface area contributed by atoms with Crippen molar-refractivity contribution < 1.29 is 43.1 Å². The Kier molecular flexibility index (Phi) is 12.3. The van der Waals surface area contributed by atoms with Gasteiger partial charge < -0.3 is 18.9 Å². The van der Waals surface area contributed by atoms with Crippen molar-refractivity contribution in [3.63, 3.8) is 0 Å². The van der Waals surface area contributed by atoms with Gasteiger partial charge in [-0.15, -0.1) is 0 Å². The van der Waals surface area contributed by atoms with E-state index in [1.807, 2.05) is 72.8 Å². The fourth-order valence-electron chi connectivity index (χ4n) is 3.89. The average molecular weight is 654 g/mol. The zero-order valence-electron chi connectivity index (χ0n) is 28.1. The summed E-state index contributed by atoms with van der Waals surface area (Å²) in [7, 11) is -0.555. The summed E-state index contributed by atoms with van der Waals surface area (Å²) in [5, 5.41) is 0. The highest BCUT2D eigenvalue weighted by atomic mass is 32.2. The Labute approximate surface area is 274 Å². The summed E-state index contributed by atoms with van der Waals surface area (Å²) in [6, 6.07) is 22.8. The topological polar surface area (TPSA) is 107 Å². The smallest absolute Gasteiger partial charge is 0.346 e. The summed E-state index contributed by atoms with van der Waals surface area (Å²) >= 11 is 0. The van der Waals surface area contributed by atoms with Gasteiger partial charge in [-0.25, -0.2) is 14.4 Å². The Morgan fingerprint density at radius 2 is 0.891 bits per heavy atom. The third-order valence-electron chi connectivity index (χ3n) is 5.56. The molecular formula is C36H45O9S+. The summed E-state index contributed by atoms with van der Waals surface area (Å²) in [5.74, 6) is -0.296. The zero-order valence-corrected chi connectivity index (χ0v) is 28.9. The SMILES string of the molecule is CC(C)(C)OOC(=O)Cc1ccc([S+](c2ccc(OCC(=O)OC(C)(C)C)cc2)c2ccc(OCC(=O)OC(C)(C)C)cc2)cc1. The van der Waals surface area contributed by atoms with Gasteiger partial charge >= 0.3 is 17.9 Å². The number of hydrogen-bond acceptors (Lipinski definition) is 9. The van der Waals surface area contributed by atoms with Crippen LogP contribution < -0.4 is 9.47 Å². The van der Waals surface area contributed by atoms with Crippen molar-refractivity contribution in [2.24, 2.45) is 0 Å². The minimum Gasteiger partial charge on any atom is -0.482 e. The number of ether oxygens (including phenoxy) is 4. The van der Waals surface area contributed by atoms with Gasteiger partial charge in [0.25, 0.3) is 0 Å². The molecule has 3 aromatic carbocycles. The number of hydrogen-bond donors (Lipinski definition) is 0. The third kappa shape index (κ3) is 13.1. The van der Waals surface area contributed by atoms with Gasteiger partial charge in [0.1, 0.15) is 28.3 Å². The minimum atomic E-state index is -0.597. The first-order valence-electron chi connectivity index (χ1n) is 15.0. The zero-order chi connectivity index (χ0) is 34.1. The monoisotopic (exact) mass is 653 g/mol. The van der Waals surface area contributed by atoms with E-state index in [4.69, 9.17) is 28.7 Å². The van der Waals surface area contributed by atoms with Crippen LogP contribution in [0.2, 0.25) is 0 Å². The molecule has 3 aromatic rings. The molecule has 0 fully saturated rings. The van der Waals surface area contributed by atoms with Crippen molar-refractivity contribution in [1.29, 1.82) is 0 Å². The van der Waals surface area contributed by atoms with E-state index in [0.717, 1.165) is 20.2 Å². The number of carbonyl (C=O) groups is 3. The quantitative estimate of drug-likeness (QED) is 0.0881. The van der Waals surface area contributed by atoms with Crippen molar-refractivity contribution in [1.82, 2.24) is 0 Å². The summed E-state index contributed by atoms with van der Waals surface area (Å²) < 4.78 is 22.0. The number of esters is 2. The first-order valence-corrected chi connectivity index (χ1v) is 16.2. The molecule has 3 rings (SSSR count). The van der Waals surface area contributed by atoms with E-state index in [0.29, 0.717) is 11.5 Å². The highest BCUT2D eigenvalue weighted by molar-refractivity contribution is 7.97. The first-order chi connectivity index (χ1) is 21.4. The fraction of sp³-hybridized carbons (Fsp3) is 0.417. The van der Waals surface area contributed by atoms with Gasteiger partial charge in [0.2, 0.25) is 0 Å². The van der Waals surface area contributed by atoms with E-state index in [9.17, 15) is 14.4 Å². The second kappa shape index (κ2) is 15.5. The van der Waals surface area contributed by atoms with Crippen molar-refractivity contribution in [2.75, 3.05) is 13.2 Å². The molecule has 0 unspecified atom stereocenters. The minimum absolute atomic E-state index is 0.0670. The Bertz CT molecular complexity index is 1370. The van der Waals surface area contributed by atoms with Gasteiger partial charge in [0.15, 0.2) is 27.9 Å². The van der Waals surface area contributed by atoms with Crippen molar-refractivity contribution in [3.8, 4) is 11.5 Å². The van der Waals surface area contributed by atoms with E-state index in [2.05, 4.69) is 0 Å². The van der Waals surface area contributed by atoms with Gasteiger partial charge in [0.05, 0.1) is 17.3 Å². The van der Waals surface area contributed by atoms with Crippen LogP contribution in [0.5, 0.6) is 11.5 Å². The van der Waals surface area contributed by atoms with Crippen LogP contribution in [-0.2, 0) is 50.9 Å². The molecule has 0 aromatic heterocycles. The largest absolute Gasteiger partial charge is 0.482 e. The van der Waals surface area contributed by atoms with E-state index in [-0.39, 0.29) is 19.6 Å². The average Bonchev–Trinajstić information content (AvgIpc) is 2.94. The normalized spacial score (nSPS) is 12.0. The molecule has 0 aliphatic rings. The van der Waals surface area contributed by atoms with Crippen molar-refractivity contribution in [3.05, 3.63) is 78.4 Å². The standard InChI is InChI=1S/C36H45O9S/c1-34(2,3)42-32(38)23-40-26-12-18-29(19-13-26)46(28-16-10-25(11-17-28)22-31(37)44-45-36(7,8)9)30-20-14-27(15-21-30)41-24-33(39)43-35(4,5)6/h10-21H,22-24H2,1-9H3/q+1. The summed E-state index contributed by atoms with van der Waals surface area (Å²) in [5.41, 5.74) is -0.997. The van der Waals surface area contributed by atoms with Crippen LogP contribution in [0, 0.1) is 0 Å². The molecule has 0 heterocycles. The van der Waals surface area contributed by atoms with Gasteiger partial charge in [0, 0.05) is 0 Å². The lowest BCUT2D eigenvalue weighted by atomic mass is 10.2. The molecule has 0 bridgehead atoms. The third-order valence-corrected chi connectivity index (χ3v) is 7.80. The maximum atomic E-state index is 12.3. The Hall–Kier alpha value is -4.02. The van der Waals surface area contributed by atoms with Crippen molar-refractivity contribution in [2.45, 2.75) is 100 Å². The number of benzene rings is 3. The Balaban J connectivity index is 1.81. The van der Waals surface area contributed by atoms with Crippen LogP contribution in [0.1, 0.15) is 67.9 Å². The van der Waals surface area contributed by atoms with Gasteiger partial charge in [-0.05, 0) is 129 Å². The second-order valence-electron chi connectivity index (χ2n) is 13.5. The molecule has 0 saturated carbocycles. The van der Waals surface area contributed by atoms with Crippen LogP contribution in [0.15, 0.2) is 87.5 Å². The fourth-order valence-corrected chi connectivity index (χ4v) is 5.93. The molecule has 0 spiro atoms. The van der Waals surface area contributed by atoms with E-state index in [1.165, 1.54) is 0 Å². The molecule has 46 heavy (non-hydrogen) atoms. The summed E-state index contributed by atoms with van der Waals surface area (Å²) in [6.07, 6.45) is 0.0670. The predicted octanol–water partition coefficient (Wildman–Crippen LogP) is 7.04. The second-order valence-corrected chi connectivity index (χ2v) is 15.5. The lowest BCUT2D eigenvalue weighted by molar-refractivity contribution is -0.320. The van der Waals surface area contributed by atoms with Gasteiger partial charge in [-0.3, -0.25) is 4.89 Å². The molecule has 0 atom stereocenters. The van der Waals surface area contributed by atoms with E-state index in [1.54, 1.807) is 62.3 Å². The molecular weight excluding hydrogens is 608 g/mol. The van der Waals surface area contributed by atoms with Gasteiger partial charge in [-0.1, -0.05) is 12.1 Å². The molecule has 248 valence electrons. The predicted molar refractivity (Wildman–Crippen MR) is 175 cm³/mol. The highest BCUT2D eigenvalue weighted by Crippen LogP contribution is 2.33. The molecule has 0 aliphatic heterocycles. The van der Waals surface area contributed by atoms with Crippen molar-refractivity contribution >= 4 is 28.8 Å². The number of rotatable bonds is 12. The molecule has 0 radical (unpaired) electrons. The Morgan fingerprint density at radius 1 is 0.522 bits per heavy atom. The van der Waals surface area contributed by atoms with E-state index < -0.39 is 45.6 Å². The van der Waals surface area contributed by atoms with Gasteiger partial charge in [-0.2, -0.15) is 4.89 Å². The molecule has 9 nitrogen and oxygen atoms in total. The molecule has 0 saturated heterocycles. The lowest BCUT2D eigenvalue weighted by Gasteiger charge is -2.19. The van der Waals surface area contributed by atoms with Crippen LogP contribution in [0.4, 0.5) is 0 Å². The maximum absolute atomic E-state index is 12.3. The van der Waals surface area contributed by atoms with Crippen LogP contribution in [-0.4, -0.2) is 47.9 Å². The summed E-state index contributed by atoms with van der Waals surface area (Å²) in [4.78, 5) is 49.6. The lowest BCUT2D eigenvalue weighted by Crippen LogP contribution is -2.27. The molecule has 0 aliphatic carbocycles. The van der Waals surface area contributed by atoms with Crippen LogP contribution >= 0.6 is 0 Å². The van der Waals surface area contributed by atoms with E-state index >= 15 is 0 Å². The Morgan fingerprint density at radius 3 is 1.24 bits per heavy atom. The van der Waals surface area contributed by atoms with Crippen LogP contribution in [0.3, 0.4) is 0 Å². The molecule has 10 heteroatoms. The number of carbonyl (C=O) groups excluding carboxylic acids is 3. The first kappa shape index (κ1) is 36.4. The molecule has 0 amide bonds. The van der Waals surface area contributed by atoms with Crippen LogP contribution in [0.25, 0.3) is 0 Å². The molecule has 0 N–H and O–H groups in total. The highest BCUT2D eigenvalue weighted by Gasteiger charge is 2.29.